The van der Waals surface area contributed by atoms with Crippen LogP contribution in [0.2, 0.25) is 0 Å². The lowest BCUT2D eigenvalue weighted by molar-refractivity contribution is -0.126. The largest absolute Gasteiger partial charge is 0.497 e. The minimum absolute atomic E-state index is 0.0598. The quantitative estimate of drug-likeness (QED) is 0.406. The number of nitrogens with one attached hydrogen (secondary N) is 1. The second-order valence-corrected chi connectivity index (χ2v) is 8.64. The van der Waals surface area contributed by atoms with Crippen molar-refractivity contribution in [3.05, 3.63) is 90.9 Å². The Morgan fingerprint density at radius 1 is 1.00 bits per heavy atom. The van der Waals surface area contributed by atoms with Gasteiger partial charge >= 0.3 is 0 Å². The first kappa shape index (κ1) is 24.1. The Balaban J connectivity index is 1.49. The van der Waals surface area contributed by atoms with E-state index < -0.39 is 12.0 Å². The highest BCUT2D eigenvalue weighted by atomic mass is 16.5. The molecule has 37 heavy (non-hydrogen) atoms. The number of anilines is 2. The fourth-order valence-corrected chi connectivity index (χ4v) is 4.72. The summed E-state index contributed by atoms with van der Waals surface area (Å²) in [5, 5.41) is 7.17. The molecule has 0 spiro atoms. The van der Waals surface area contributed by atoms with Gasteiger partial charge in [0.15, 0.2) is 5.82 Å². The van der Waals surface area contributed by atoms with Crippen molar-refractivity contribution in [2.45, 2.75) is 18.9 Å². The van der Waals surface area contributed by atoms with Crippen molar-refractivity contribution < 1.29 is 19.1 Å². The molecular formula is C28H27N5O4. The lowest BCUT2D eigenvalue weighted by atomic mass is 9.82. The van der Waals surface area contributed by atoms with Crippen molar-refractivity contribution >= 4 is 23.2 Å². The minimum atomic E-state index is -0.567. The van der Waals surface area contributed by atoms with Gasteiger partial charge in [-0.25, -0.2) is 9.67 Å². The molecule has 0 bridgehead atoms. The van der Waals surface area contributed by atoms with E-state index in [1.54, 1.807) is 66.7 Å². The molecule has 3 heterocycles. The third kappa shape index (κ3) is 4.88. The lowest BCUT2D eigenvalue weighted by Gasteiger charge is -2.41. The molecule has 2 aromatic carbocycles. The number of piperidine rings is 1. The second-order valence-electron chi connectivity index (χ2n) is 8.64. The van der Waals surface area contributed by atoms with Crippen molar-refractivity contribution in [1.29, 1.82) is 0 Å². The number of methoxy groups -OCH3 is 2. The Kier molecular flexibility index (Phi) is 6.85. The van der Waals surface area contributed by atoms with Crippen molar-refractivity contribution in [2.24, 2.45) is 5.92 Å². The Labute approximate surface area is 214 Å². The molecule has 0 radical (unpaired) electrons. The standard InChI is InChI=1S/C28H27N5O4/c1-36-21-11-9-20(10-12-21)33-26(34)15-13-23(27(33)22-6-3-4-7-24(22)37-2)28(35)31-19-8-14-25(29-18-19)32-17-5-16-30-32/h3-12,14,16-18,23,27H,13,15H2,1-2H3,(H,31,35)/t23-,27+/m1/s1. The topological polar surface area (TPSA) is 98.6 Å². The summed E-state index contributed by atoms with van der Waals surface area (Å²) >= 11 is 0. The molecule has 9 heteroatoms. The zero-order valence-electron chi connectivity index (χ0n) is 20.6. The normalized spacial score (nSPS) is 17.4. The summed E-state index contributed by atoms with van der Waals surface area (Å²) in [4.78, 5) is 33.1. The van der Waals surface area contributed by atoms with Crippen LogP contribution in [0.3, 0.4) is 0 Å². The van der Waals surface area contributed by atoms with Gasteiger partial charge in [-0.1, -0.05) is 18.2 Å². The first-order valence-corrected chi connectivity index (χ1v) is 11.9. The van der Waals surface area contributed by atoms with Crippen LogP contribution in [-0.4, -0.2) is 40.8 Å². The number of para-hydroxylation sites is 1. The molecule has 1 N–H and O–H groups in total. The average Bonchev–Trinajstić information content (AvgIpc) is 3.48. The molecule has 1 fully saturated rings. The molecule has 188 valence electrons. The molecule has 4 aromatic rings. The van der Waals surface area contributed by atoms with Crippen molar-refractivity contribution in [3.63, 3.8) is 0 Å². The first-order valence-electron chi connectivity index (χ1n) is 11.9. The molecule has 2 atom stereocenters. The Morgan fingerprint density at radius 2 is 1.81 bits per heavy atom. The predicted molar refractivity (Wildman–Crippen MR) is 139 cm³/mol. The van der Waals surface area contributed by atoms with Crippen LogP contribution in [0.1, 0.15) is 24.4 Å². The molecule has 1 aliphatic heterocycles. The third-order valence-electron chi connectivity index (χ3n) is 6.50. The number of ether oxygens (including phenoxy) is 2. The number of amides is 2. The zero-order valence-corrected chi connectivity index (χ0v) is 20.6. The maximum Gasteiger partial charge on any atom is 0.229 e. The van der Waals surface area contributed by atoms with Gasteiger partial charge in [0.2, 0.25) is 11.8 Å². The molecule has 5 rings (SSSR count). The van der Waals surface area contributed by atoms with E-state index >= 15 is 0 Å². The Hall–Kier alpha value is -4.66. The van der Waals surface area contributed by atoms with Crippen molar-refractivity contribution in [2.75, 3.05) is 24.4 Å². The number of carbonyl (C=O) groups excluding carboxylic acids is 2. The summed E-state index contributed by atoms with van der Waals surface area (Å²) in [7, 11) is 3.18. The van der Waals surface area contributed by atoms with Gasteiger partial charge in [-0.05, 0) is 55.0 Å². The van der Waals surface area contributed by atoms with E-state index in [4.69, 9.17) is 9.47 Å². The van der Waals surface area contributed by atoms with Crippen LogP contribution in [0.15, 0.2) is 85.3 Å². The van der Waals surface area contributed by atoms with Gasteiger partial charge in [-0.2, -0.15) is 5.10 Å². The molecule has 2 amide bonds. The van der Waals surface area contributed by atoms with E-state index in [-0.39, 0.29) is 18.2 Å². The monoisotopic (exact) mass is 497 g/mol. The van der Waals surface area contributed by atoms with Crippen LogP contribution in [0.5, 0.6) is 11.5 Å². The van der Waals surface area contributed by atoms with E-state index in [0.29, 0.717) is 35.1 Å². The van der Waals surface area contributed by atoms with E-state index in [2.05, 4.69) is 15.4 Å². The first-order chi connectivity index (χ1) is 18.1. The van der Waals surface area contributed by atoms with Gasteiger partial charge in [-0.15, -0.1) is 0 Å². The number of hydrogen-bond acceptors (Lipinski definition) is 6. The van der Waals surface area contributed by atoms with Gasteiger partial charge in [0.25, 0.3) is 0 Å². The van der Waals surface area contributed by atoms with Crippen LogP contribution in [0.25, 0.3) is 5.82 Å². The maximum absolute atomic E-state index is 13.7. The smallest absolute Gasteiger partial charge is 0.229 e. The molecule has 1 saturated heterocycles. The molecule has 1 aliphatic rings. The fourth-order valence-electron chi connectivity index (χ4n) is 4.72. The van der Waals surface area contributed by atoms with Crippen LogP contribution in [0.4, 0.5) is 11.4 Å². The highest BCUT2D eigenvalue weighted by Gasteiger charge is 2.42. The Bertz CT molecular complexity index is 1370. The van der Waals surface area contributed by atoms with Crippen LogP contribution >= 0.6 is 0 Å². The molecule has 0 aliphatic carbocycles. The molecule has 2 aromatic heterocycles. The Morgan fingerprint density at radius 3 is 2.49 bits per heavy atom. The van der Waals surface area contributed by atoms with Gasteiger partial charge in [0.05, 0.1) is 38.1 Å². The third-order valence-corrected chi connectivity index (χ3v) is 6.50. The highest BCUT2D eigenvalue weighted by Crippen LogP contribution is 2.43. The van der Waals surface area contributed by atoms with E-state index in [1.165, 1.54) is 0 Å². The number of aromatic nitrogens is 3. The van der Waals surface area contributed by atoms with E-state index in [0.717, 1.165) is 5.56 Å². The number of carbonyl (C=O) groups is 2. The number of pyridine rings is 1. The summed E-state index contributed by atoms with van der Waals surface area (Å²) in [6, 6.07) is 19.6. The number of hydrogen-bond donors (Lipinski definition) is 1. The fraction of sp³-hybridized carbons (Fsp3) is 0.214. The molecule has 9 nitrogen and oxygen atoms in total. The van der Waals surface area contributed by atoms with Gasteiger partial charge < -0.3 is 19.7 Å². The second kappa shape index (κ2) is 10.5. The number of rotatable bonds is 7. The van der Waals surface area contributed by atoms with Gasteiger partial charge in [-0.3, -0.25) is 9.59 Å². The van der Waals surface area contributed by atoms with Crippen molar-refractivity contribution in [3.8, 4) is 17.3 Å². The van der Waals surface area contributed by atoms with E-state index in [9.17, 15) is 9.59 Å². The minimum Gasteiger partial charge on any atom is -0.497 e. The summed E-state index contributed by atoms with van der Waals surface area (Å²) < 4.78 is 12.6. The molecule has 0 saturated carbocycles. The van der Waals surface area contributed by atoms with Gasteiger partial charge in [0.1, 0.15) is 11.5 Å². The number of nitrogens with zero attached hydrogens (tertiary/aromatic N) is 4. The SMILES string of the molecule is COc1ccc(N2C(=O)CC[C@@H](C(=O)Nc3ccc(-n4cccn4)nc3)[C@@H]2c2ccccc2OC)cc1. The molecular weight excluding hydrogens is 470 g/mol. The van der Waals surface area contributed by atoms with Crippen LogP contribution < -0.4 is 19.7 Å². The van der Waals surface area contributed by atoms with Crippen molar-refractivity contribution in [1.82, 2.24) is 14.8 Å². The lowest BCUT2D eigenvalue weighted by Crippen LogP contribution is -2.47. The highest BCUT2D eigenvalue weighted by molar-refractivity contribution is 6.00. The summed E-state index contributed by atoms with van der Waals surface area (Å²) in [6.07, 6.45) is 5.72. The van der Waals surface area contributed by atoms with Gasteiger partial charge in [0, 0.05) is 30.1 Å². The average molecular weight is 498 g/mol. The summed E-state index contributed by atoms with van der Waals surface area (Å²) in [5.41, 5.74) is 2.01. The summed E-state index contributed by atoms with van der Waals surface area (Å²) in [5.74, 6) is 1.16. The van der Waals surface area contributed by atoms with Crippen LogP contribution in [-0.2, 0) is 9.59 Å². The predicted octanol–water partition coefficient (Wildman–Crippen LogP) is 4.41. The number of benzene rings is 2. The maximum atomic E-state index is 13.7. The molecule has 0 unspecified atom stereocenters. The summed E-state index contributed by atoms with van der Waals surface area (Å²) in [6.45, 7) is 0. The van der Waals surface area contributed by atoms with E-state index in [1.807, 2.05) is 42.5 Å². The zero-order chi connectivity index (χ0) is 25.8. The van der Waals surface area contributed by atoms with Crippen LogP contribution in [0, 0.1) is 5.92 Å².